The number of hydrogen-bond acceptors (Lipinski definition) is 2. The monoisotopic (exact) mass is 233 g/mol. The first-order chi connectivity index (χ1) is 8.01. The molecule has 0 aliphatic heterocycles. The number of likely N-dealkylation sites (N-methyl/N-ethyl adjacent to an activating group) is 1. The Kier molecular flexibility index (Phi) is 3.55. The lowest BCUT2D eigenvalue weighted by atomic mass is 9.85. The van der Waals surface area contributed by atoms with E-state index in [-0.39, 0.29) is 11.7 Å². The molecule has 2 rings (SSSR count). The minimum atomic E-state index is -0.0773. The SMILES string of the molecule is CNC1c2ccccc2CCC1OC(C)(C)C. The first kappa shape index (κ1) is 12.6. The van der Waals surface area contributed by atoms with Gasteiger partial charge in [0.1, 0.15) is 0 Å². The maximum atomic E-state index is 6.18. The van der Waals surface area contributed by atoms with Crippen LogP contribution in [0, 0.1) is 0 Å². The zero-order valence-electron chi connectivity index (χ0n) is 11.3. The molecule has 0 spiro atoms. The molecular weight excluding hydrogens is 210 g/mol. The van der Waals surface area contributed by atoms with Crippen molar-refractivity contribution in [2.45, 2.75) is 51.4 Å². The van der Waals surface area contributed by atoms with Gasteiger partial charge in [-0.1, -0.05) is 24.3 Å². The van der Waals surface area contributed by atoms with E-state index in [0.29, 0.717) is 6.04 Å². The van der Waals surface area contributed by atoms with Crippen LogP contribution in [0.1, 0.15) is 44.4 Å². The summed E-state index contributed by atoms with van der Waals surface area (Å²) in [5, 5.41) is 3.41. The number of aryl methyl sites for hydroxylation is 1. The zero-order valence-corrected chi connectivity index (χ0v) is 11.3. The fraction of sp³-hybridized carbons (Fsp3) is 0.600. The number of ether oxygens (including phenoxy) is 1. The Bertz CT molecular complexity index is 381. The van der Waals surface area contributed by atoms with Crippen molar-refractivity contribution < 1.29 is 4.74 Å². The molecule has 2 unspecified atom stereocenters. The molecule has 1 aliphatic rings. The van der Waals surface area contributed by atoms with Gasteiger partial charge < -0.3 is 10.1 Å². The van der Waals surface area contributed by atoms with Gasteiger partial charge in [0.25, 0.3) is 0 Å². The molecule has 0 heterocycles. The van der Waals surface area contributed by atoms with Crippen LogP contribution in [0.4, 0.5) is 0 Å². The molecule has 1 aromatic carbocycles. The third-order valence-electron chi connectivity index (χ3n) is 3.28. The first-order valence-electron chi connectivity index (χ1n) is 6.44. The largest absolute Gasteiger partial charge is 0.371 e. The van der Waals surface area contributed by atoms with Crippen LogP contribution in [-0.4, -0.2) is 18.8 Å². The fourth-order valence-electron chi connectivity index (χ4n) is 2.65. The van der Waals surface area contributed by atoms with Crippen molar-refractivity contribution in [1.29, 1.82) is 0 Å². The highest BCUT2D eigenvalue weighted by molar-refractivity contribution is 5.33. The zero-order chi connectivity index (χ0) is 12.5. The van der Waals surface area contributed by atoms with E-state index >= 15 is 0 Å². The molecule has 0 saturated heterocycles. The summed E-state index contributed by atoms with van der Waals surface area (Å²) in [4.78, 5) is 0. The van der Waals surface area contributed by atoms with Crippen LogP contribution < -0.4 is 5.32 Å². The highest BCUT2D eigenvalue weighted by Gasteiger charge is 2.31. The smallest absolute Gasteiger partial charge is 0.0780 e. The van der Waals surface area contributed by atoms with Gasteiger partial charge in [-0.2, -0.15) is 0 Å². The molecule has 0 aromatic heterocycles. The highest BCUT2D eigenvalue weighted by atomic mass is 16.5. The Labute approximate surface area is 104 Å². The van der Waals surface area contributed by atoms with Crippen molar-refractivity contribution in [3.8, 4) is 0 Å². The van der Waals surface area contributed by atoms with E-state index in [2.05, 4.69) is 50.4 Å². The van der Waals surface area contributed by atoms with E-state index in [1.54, 1.807) is 0 Å². The van der Waals surface area contributed by atoms with E-state index in [1.807, 2.05) is 7.05 Å². The minimum Gasteiger partial charge on any atom is -0.371 e. The summed E-state index contributed by atoms with van der Waals surface area (Å²) in [5.74, 6) is 0. The van der Waals surface area contributed by atoms with Crippen molar-refractivity contribution in [3.63, 3.8) is 0 Å². The molecule has 0 saturated carbocycles. The molecule has 1 aromatic rings. The van der Waals surface area contributed by atoms with E-state index < -0.39 is 0 Å². The van der Waals surface area contributed by atoms with E-state index in [1.165, 1.54) is 11.1 Å². The molecule has 1 aliphatic carbocycles. The van der Waals surface area contributed by atoms with Gasteiger partial charge in [0, 0.05) is 0 Å². The molecule has 0 radical (unpaired) electrons. The third kappa shape index (κ3) is 2.88. The lowest BCUT2D eigenvalue weighted by Gasteiger charge is -2.37. The summed E-state index contributed by atoms with van der Waals surface area (Å²) in [6.07, 6.45) is 2.49. The van der Waals surface area contributed by atoms with Crippen molar-refractivity contribution in [3.05, 3.63) is 35.4 Å². The normalized spacial score (nSPS) is 24.5. The van der Waals surface area contributed by atoms with Gasteiger partial charge in [0.2, 0.25) is 0 Å². The predicted octanol–water partition coefficient (Wildman–Crippen LogP) is 3.08. The quantitative estimate of drug-likeness (QED) is 0.847. The van der Waals surface area contributed by atoms with Gasteiger partial charge in [-0.3, -0.25) is 0 Å². The van der Waals surface area contributed by atoms with Gasteiger partial charge in [0.05, 0.1) is 17.7 Å². The third-order valence-corrected chi connectivity index (χ3v) is 3.28. The van der Waals surface area contributed by atoms with Gasteiger partial charge in [-0.05, 0) is 51.8 Å². The Hall–Kier alpha value is -0.860. The molecule has 0 bridgehead atoms. The van der Waals surface area contributed by atoms with E-state index in [9.17, 15) is 0 Å². The summed E-state index contributed by atoms with van der Waals surface area (Å²) in [6.45, 7) is 6.38. The standard InChI is InChI=1S/C15H23NO/c1-15(2,3)17-13-10-9-11-7-5-6-8-12(11)14(13)16-4/h5-8,13-14,16H,9-10H2,1-4H3. The highest BCUT2D eigenvalue weighted by Crippen LogP contribution is 2.33. The molecule has 0 fully saturated rings. The van der Waals surface area contributed by atoms with Crippen LogP contribution in [-0.2, 0) is 11.2 Å². The lowest BCUT2D eigenvalue weighted by Crippen LogP contribution is -2.40. The minimum absolute atomic E-state index is 0.0773. The Morgan fingerprint density at radius 3 is 2.59 bits per heavy atom. The number of rotatable bonds is 2. The Balaban J connectivity index is 2.23. The van der Waals surface area contributed by atoms with E-state index in [4.69, 9.17) is 4.74 Å². The number of benzene rings is 1. The van der Waals surface area contributed by atoms with Crippen LogP contribution in [0.5, 0.6) is 0 Å². The second kappa shape index (κ2) is 4.79. The summed E-state index contributed by atoms with van der Waals surface area (Å²) >= 11 is 0. The molecule has 0 amide bonds. The van der Waals surface area contributed by atoms with Gasteiger partial charge in [-0.25, -0.2) is 0 Å². The van der Waals surface area contributed by atoms with Gasteiger partial charge in [0.15, 0.2) is 0 Å². The summed E-state index contributed by atoms with van der Waals surface area (Å²) < 4.78 is 6.18. The van der Waals surface area contributed by atoms with Crippen molar-refractivity contribution >= 4 is 0 Å². The molecule has 17 heavy (non-hydrogen) atoms. The van der Waals surface area contributed by atoms with Gasteiger partial charge >= 0.3 is 0 Å². The van der Waals surface area contributed by atoms with Crippen molar-refractivity contribution in [1.82, 2.24) is 5.32 Å². The molecule has 2 atom stereocenters. The number of hydrogen-bond donors (Lipinski definition) is 1. The molecule has 1 N–H and O–H groups in total. The summed E-state index contributed by atoms with van der Waals surface area (Å²) in [5.41, 5.74) is 2.78. The van der Waals surface area contributed by atoms with Crippen LogP contribution in [0.3, 0.4) is 0 Å². The number of fused-ring (bicyclic) bond motifs is 1. The lowest BCUT2D eigenvalue weighted by molar-refractivity contribution is -0.0807. The average Bonchev–Trinajstić information content (AvgIpc) is 2.27. The Morgan fingerprint density at radius 2 is 1.94 bits per heavy atom. The second-order valence-electron chi connectivity index (χ2n) is 5.77. The number of nitrogens with one attached hydrogen (secondary N) is 1. The van der Waals surface area contributed by atoms with Crippen LogP contribution in [0.15, 0.2) is 24.3 Å². The van der Waals surface area contributed by atoms with Crippen molar-refractivity contribution in [2.24, 2.45) is 0 Å². The molecular formula is C15H23NO. The van der Waals surface area contributed by atoms with E-state index in [0.717, 1.165) is 12.8 Å². The molecule has 94 valence electrons. The van der Waals surface area contributed by atoms with Crippen LogP contribution in [0.25, 0.3) is 0 Å². The van der Waals surface area contributed by atoms with Gasteiger partial charge in [-0.15, -0.1) is 0 Å². The fourth-order valence-corrected chi connectivity index (χ4v) is 2.65. The molecule has 2 heteroatoms. The first-order valence-corrected chi connectivity index (χ1v) is 6.44. The Morgan fingerprint density at radius 1 is 1.24 bits per heavy atom. The maximum Gasteiger partial charge on any atom is 0.0780 e. The van der Waals surface area contributed by atoms with Crippen LogP contribution >= 0.6 is 0 Å². The second-order valence-corrected chi connectivity index (χ2v) is 5.77. The average molecular weight is 233 g/mol. The van der Waals surface area contributed by atoms with Crippen LogP contribution in [0.2, 0.25) is 0 Å². The maximum absolute atomic E-state index is 6.18. The summed E-state index contributed by atoms with van der Waals surface area (Å²) in [7, 11) is 2.02. The predicted molar refractivity (Wildman–Crippen MR) is 71.2 cm³/mol. The molecule has 2 nitrogen and oxygen atoms in total. The topological polar surface area (TPSA) is 21.3 Å². The summed E-state index contributed by atoms with van der Waals surface area (Å²) in [6, 6.07) is 9.00. The van der Waals surface area contributed by atoms with Crippen molar-refractivity contribution in [2.75, 3.05) is 7.05 Å².